The van der Waals surface area contributed by atoms with Gasteiger partial charge in [-0.2, -0.15) is 10.2 Å². The van der Waals surface area contributed by atoms with Gasteiger partial charge < -0.3 is 10.6 Å². The molecule has 0 aliphatic heterocycles. The Labute approximate surface area is 156 Å². The first kappa shape index (κ1) is 21.2. The average molecular weight is 359 g/mol. The summed E-state index contributed by atoms with van der Waals surface area (Å²) in [7, 11) is 0. The fourth-order valence-corrected chi connectivity index (χ4v) is 3.51. The van der Waals surface area contributed by atoms with Crippen LogP contribution in [0.2, 0.25) is 0 Å². The van der Waals surface area contributed by atoms with Crippen LogP contribution in [0.25, 0.3) is 10.8 Å². The first-order valence-corrected chi connectivity index (χ1v) is 9.72. The number of hydrogen-bond acceptors (Lipinski definition) is 5. The molecule has 0 amide bonds. The topological polar surface area (TPSA) is 54.0 Å². The summed E-state index contributed by atoms with van der Waals surface area (Å²) in [5.41, 5.74) is 8.65. The molecule has 2 aromatic carbocycles. The smallest absolute Gasteiger partial charge is 0.0665 e. The van der Waals surface area contributed by atoms with Crippen molar-refractivity contribution in [3.63, 3.8) is 0 Å². The van der Waals surface area contributed by atoms with Crippen molar-refractivity contribution in [3.05, 3.63) is 42.0 Å². The van der Waals surface area contributed by atoms with E-state index in [1.54, 1.807) is 0 Å². The molecule has 0 saturated carbocycles. The van der Waals surface area contributed by atoms with Crippen LogP contribution in [0.1, 0.15) is 38.7 Å². The minimum absolute atomic E-state index is 0.532. The molecular weight excluding hydrogens is 328 g/mol. The van der Waals surface area contributed by atoms with E-state index >= 15 is 0 Å². The lowest BCUT2D eigenvalue weighted by atomic mass is 9.95. The molecule has 2 rings (SSSR count). The van der Waals surface area contributed by atoms with Gasteiger partial charge in [-0.1, -0.05) is 51.1 Å². The van der Waals surface area contributed by atoms with Crippen LogP contribution < -0.4 is 10.6 Å². The summed E-state index contributed by atoms with van der Waals surface area (Å²) in [4.78, 5) is 2.27. The Bertz CT molecular complexity index is 664. The molecule has 4 nitrogen and oxygen atoms in total. The average Bonchev–Trinajstić information content (AvgIpc) is 2.64. The Morgan fingerprint density at radius 2 is 1.72 bits per heavy atom. The summed E-state index contributed by atoms with van der Waals surface area (Å²) in [6.07, 6.45) is 1.20. The van der Waals surface area contributed by atoms with Gasteiger partial charge in [0.1, 0.15) is 0 Å². The molecule has 0 aliphatic rings. The molecule has 25 heavy (non-hydrogen) atoms. The fourth-order valence-electron chi connectivity index (χ4n) is 2.63. The third-order valence-corrected chi connectivity index (χ3v) is 5.00. The third kappa shape index (κ3) is 6.18. The SMILES string of the molecule is C=NN=C.CCCSCN(CN)c1ccc(C(C)C)c2ccccc12. The predicted octanol–water partition coefficient (Wildman–Crippen LogP) is 5.09. The van der Waals surface area contributed by atoms with Crippen molar-refractivity contribution in [1.29, 1.82) is 0 Å². The van der Waals surface area contributed by atoms with Crippen molar-refractivity contribution in [2.45, 2.75) is 33.1 Å². The van der Waals surface area contributed by atoms with Crippen LogP contribution in [-0.4, -0.2) is 31.7 Å². The highest BCUT2D eigenvalue weighted by Crippen LogP contribution is 2.33. The van der Waals surface area contributed by atoms with E-state index in [0.717, 1.165) is 5.88 Å². The van der Waals surface area contributed by atoms with Gasteiger partial charge in [0.25, 0.3) is 0 Å². The van der Waals surface area contributed by atoms with Gasteiger partial charge in [-0.15, -0.1) is 11.8 Å². The summed E-state index contributed by atoms with van der Waals surface area (Å²) in [6, 6.07) is 13.2. The Kier molecular flexibility index (Phi) is 9.88. The summed E-state index contributed by atoms with van der Waals surface area (Å²) in [6.45, 7) is 13.3. The maximum absolute atomic E-state index is 5.99. The van der Waals surface area contributed by atoms with Gasteiger partial charge in [-0.25, -0.2) is 0 Å². The molecule has 136 valence electrons. The van der Waals surface area contributed by atoms with Gasteiger partial charge in [0, 0.05) is 24.5 Å². The lowest BCUT2D eigenvalue weighted by Gasteiger charge is -2.25. The molecule has 0 bridgehead atoms. The summed E-state index contributed by atoms with van der Waals surface area (Å²) in [5, 5.41) is 8.66. The van der Waals surface area contributed by atoms with Gasteiger partial charge in [0.15, 0.2) is 0 Å². The number of hydrogen-bond donors (Lipinski definition) is 1. The molecule has 0 aliphatic carbocycles. The maximum atomic E-state index is 5.99. The van der Waals surface area contributed by atoms with Gasteiger partial charge in [-0.05, 0) is 35.1 Å². The van der Waals surface area contributed by atoms with Crippen LogP contribution in [0.5, 0.6) is 0 Å². The first-order chi connectivity index (χ1) is 12.1. The lowest BCUT2D eigenvalue weighted by molar-refractivity contribution is 0.873. The lowest BCUT2D eigenvalue weighted by Crippen LogP contribution is -2.29. The largest absolute Gasteiger partial charge is 0.349 e. The molecule has 0 atom stereocenters. The Morgan fingerprint density at radius 3 is 2.24 bits per heavy atom. The highest BCUT2D eigenvalue weighted by Gasteiger charge is 2.12. The number of benzene rings is 2. The molecule has 2 aromatic rings. The summed E-state index contributed by atoms with van der Waals surface area (Å²) in [5.74, 6) is 2.66. The number of anilines is 1. The number of nitrogens with zero attached hydrogens (tertiary/aromatic N) is 3. The van der Waals surface area contributed by atoms with Crippen molar-refractivity contribution in [2.75, 3.05) is 23.2 Å². The van der Waals surface area contributed by atoms with Crippen molar-refractivity contribution < 1.29 is 0 Å². The van der Waals surface area contributed by atoms with E-state index in [1.807, 2.05) is 11.8 Å². The highest BCUT2D eigenvalue weighted by atomic mass is 32.2. The molecule has 0 aromatic heterocycles. The molecule has 0 unspecified atom stereocenters. The zero-order chi connectivity index (χ0) is 18.7. The second kappa shape index (κ2) is 11.7. The van der Waals surface area contributed by atoms with E-state index in [2.05, 4.69) is 85.7 Å². The van der Waals surface area contributed by atoms with E-state index < -0.39 is 0 Å². The van der Waals surface area contributed by atoms with E-state index in [9.17, 15) is 0 Å². The summed E-state index contributed by atoms with van der Waals surface area (Å²) >= 11 is 1.95. The molecule has 5 heteroatoms. The van der Waals surface area contributed by atoms with E-state index in [0.29, 0.717) is 12.6 Å². The number of nitrogens with two attached hydrogens (primary N) is 1. The monoisotopic (exact) mass is 358 g/mol. The number of rotatable bonds is 8. The molecular formula is C20H30N4S. The Morgan fingerprint density at radius 1 is 1.08 bits per heavy atom. The summed E-state index contributed by atoms with van der Waals surface area (Å²) < 4.78 is 0. The Balaban J connectivity index is 0.000000705. The van der Waals surface area contributed by atoms with E-state index in [4.69, 9.17) is 5.73 Å². The molecule has 0 saturated heterocycles. The van der Waals surface area contributed by atoms with Crippen molar-refractivity contribution in [1.82, 2.24) is 0 Å². The first-order valence-electron chi connectivity index (χ1n) is 8.56. The standard InChI is InChI=1S/C18H26N2S.C2H4N2/c1-4-11-21-13-20(12-19)18-10-9-15(14(2)3)16-7-5-6-8-17(16)18;1-3-4-2/h5-10,14H,4,11-13,19H2,1-3H3;1-2H2. The zero-order valence-electron chi connectivity index (χ0n) is 15.6. The van der Waals surface area contributed by atoms with Crippen LogP contribution in [0.3, 0.4) is 0 Å². The minimum atomic E-state index is 0.532. The van der Waals surface area contributed by atoms with Gasteiger partial charge in [0.2, 0.25) is 0 Å². The predicted molar refractivity (Wildman–Crippen MR) is 116 cm³/mol. The molecule has 0 fully saturated rings. The Hall–Kier alpha value is -1.85. The minimum Gasteiger partial charge on any atom is -0.349 e. The molecule has 2 N–H and O–H groups in total. The molecule has 0 radical (unpaired) electrons. The fraction of sp³-hybridized carbons (Fsp3) is 0.400. The van der Waals surface area contributed by atoms with Crippen LogP contribution >= 0.6 is 11.8 Å². The molecule has 0 heterocycles. The zero-order valence-corrected chi connectivity index (χ0v) is 16.4. The van der Waals surface area contributed by atoms with Gasteiger partial charge in [-0.3, -0.25) is 0 Å². The van der Waals surface area contributed by atoms with Gasteiger partial charge in [0.05, 0.1) is 12.5 Å². The van der Waals surface area contributed by atoms with Crippen LogP contribution in [-0.2, 0) is 0 Å². The quantitative estimate of drug-likeness (QED) is 0.309. The van der Waals surface area contributed by atoms with Crippen molar-refractivity contribution in [3.8, 4) is 0 Å². The van der Waals surface area contributed by atoms with Crippen molar-refractivity contribution >= 4 is 41.7 Å². The second-order valence-corrected chi connectivity index (χ2v) is 6.99. The van der Waals surface area contributed by atoms with Crippen LogP contribution in [0.4, 0.5) is 5.69 Å². The highest BCUT2D eigenvalue weighted by molar-refractivity contribution is 7.99. The number of thioether (sulfide) groups is 1. The van der Waals surface area contributed by atoms with E-state index in [1.165, 1.54) is 34.2 Å². The van der Waals surface area contributed by atoms with E-state index in [-0.39, 0.29) is 0 Å². The maximum Gasteiger partial charge on any atom is 0.0665 e. The molecule has 0 spiro atoms. The van der Waals surface area contributed by atoms with Crippen LogP contribution in [0, 0.1) is 0 Å². The van der Waals surface area contributed by atoms with Gasteiger partial charge >= 0.3 is 0 Å². The second-order valence-electron chi connectivity index (χ2n) is 5.92. The number of fused-ring (bicyclic) bond motifs is 1. The third-order valence-electron chi connectivity index (χ3n) is 3.81. The normalized spacial score (nSPS) is 10.3. The van der Waals surface area contributed by atoms with Crippen molar-refractivity contribution in [2.24, 2.45) is 15.9 Å². The van der Waals surface area contributed by atoms with Crippen LogP contribution in [0.15, 0.2) is 46.6 Å².